The van der Waals surface area contributed by atoms with Crippen molar-refractivity contribution in [2.24, 2.45) is 0 Å². The molecule has 2 atom stereocenters. The van der Waals surface area contributed by atoms with E-state index in [0.29, 0.717) is 18.0 Å². The maximum Gasteiger partial charge on any atom is 0.119 e. The Labute approximate surface area is 188 Å². The fourth-order valence-electron chi connectivity index (χ4n) is 3.22. The number of para-hydroxylation sites is 1. The molecule has 1 fully saturated rings. The van der Waals surface area contributed by atoms with E-state index < -0.39 is 16.9 Å². The highest BCUT2D eigenvalue weighted by atomic mass is 35.5. The Morgan fingerprint density at radius 2 is 1.62 bits per heavy atom. The minimum absolute atomic E-state index is 0. The number of nitrogens with zero attached hydrogens (tertiary/aromatic N) is 2. The van der Waals surface area contributed by atoms with Crippen molar-refractivity contribution in [3.8, 4) is 5.75 Å². The number of hydrogen-bond acceptors (Lipinski definition) is 5. The Morgan fingerprint density at radius 3 is 2.21 bits per heavy atom. The van der Waals surface area contributed by atoms with Crippen LogP contribution in [0.5, 0.6) is 5.75 Å². The van der Waals surface area contributed by atoms with E-state index in [4.69, 9.17) is 4.74 Å². The van der Waals surface area contributed by atoms with Gasteiger partial charge in [0.25, 0.3) is 0 Å². The van der Waals surface area contributed by atoms with Gasteiger partial charge in [0.05, 0.1) is 10.8 Å². The second kappa shape index (κ2) is 13.1. The average molecular weight is 461 g/mol. The first-order valence-electron chi connectivity index (χ1n) is 9.47. The Bertz CT molecular complexity index is 726. The number of benzene rings is 2. The molecule has 0 saturated carbocycles. The third kappa shape index (κ3) is 7.79. The largest absolute Gasteiger partial charge is 0.491 e. The second-order valence-corrected chi connectivity index (χ2v) is 8.43. The lowest BCUT2D eigenvalue weighted by molar-refractivity contribution is 0.0663. The molecule has 162 valence electrons. The molecule has 1 saturated heterocycles. The number of rotatable bonds is 8. The summed E-state index contributed by atoms with van der Waals surface area (Å²) in [6, 6.07) is 17.7. The molecule has 0 spiro atoms. The SMILES string of the molecule is CCS(=O)c1ccc(OCC(O)CN2CCN(c3ccccc3)CC2)cc1.Cl.Cl. The summed E-state index contributed by atoms with van der Waals surface area (Å²) in [5.74, 6) is 1.30. The van der Waals surface area contributed by atoms with Crippen molar-refractivity contribution in [1.82, 2.24) is 4.90 Å². The first-order valence-corrected chi connectivity index (χ1v) is 10.8. The average Bonchev–Trinajstić information content (AvgIpc) is 2.73. The van der Waals surface area contributed by atoms with Gasteiger partial charge in [-0.3, -0.25) is 9.11 Å². The number of ether oxygens (including phenoxy) is 1. The maximum atomic E-state index is 11.7. The van der Waals surface area contributed by atoms with Gasteiger partial charge in [0.1, 0.15) is 18.5 Å². The van der Waals surface area contributed by atoms with Gasteiger partial charge in [-0.05, 0) is 36.4 Å². The molecule has 5 nitrogen and oxygen atoms in total. The Balaban J connectivity index is 0.00000210. The molecular weight excluding hydrogens is 431 g/mol. The van der Waals surface area contributed by atoms with Gasteiger partial charge < -0.3 is 14.7 Å². The second-order valence-electron chi connectivity index (χ2n) is 6.69. The standard InChI is InChI=1S/C21H28N2O3S.2ClH/c1-2-27(25)21-10-8-20(9-11-21)26-17-19(24)16-22-12-14-23(15-13-22)18-6-4-3-5-7-18;;/h3-11,19,24H,2,12-17H2,1H3;2*1H. The molecule has 3 rings (SSSR count). The maximum absolute atomic E-state index is 11.7. The van der Waals surface area contributed by atoms with Crippen LogP contribution in [0.2, 0.25) is 0 Å². The molecule has 0 amide bonds. The Kier molecular flexibility index (Phi) is 11.6. The molecule has 29 heavy (non-hydrogen) atoms. The molecule has 2 aromatic rings. The van der Waals surface area contributed by atoms with Crippen molar-refractivity contribution in [3.63, 3.8) is 0 Å². The number of piperazine rings is 1. The first kappa shape index (κ1) is 25.7. The van der Waals surface area contributed by atoms with Gasteiger partial charge >= 0.3 is 0 Å². The predicted molar refractivity (Wildman–Crippen MR) is 124 cm³/mol. The van der Waals surface area contributed by atoms with E-state index >= 15 is 0 Å². The minimum Gasteiger partial charge on any atom is -0.491 e. The molecule has 2 unspecified atom stereocenters. The third-order valence-corrected chi connectivity index (χ3v) is 6.08. The van der Waals surface area contributed by atoms with Gasteiger partial charge in [0, 0.05) is 49.1 Å². The van der Waals surface area contributed by atoms with Gasteiger partial charge in [-0.15, -0.1) is 24.8 Å². The van der Waals surface area contributed by atoms with Crippen LogP contribution in [0.25, 0.3) is 0 Å². The summed E-state index contributed by atoms with van der Waals surface area (Å²) in [5.41, 5.74) is 1.26. The molecule has 1 heterocycles. The molecule has 0 bridgehead atoms. The van der Waals surface area contributed by atoms with E-state index in [1.165, 1.54) is 5.69 Å². The van der Waals surface area contributed by atoms with Gasteiger partial charge in [-0.2, -0.15) is 0 Å². The molecule has 1 N–H and O–H groups in total. The normalized spacial score (nSPS) is 16.3. The molecule has 0 aromatic heterocycles. The van der Waals surface area contributed by atoms with Crippen molar-refractivity contribution in [2.45, 2.75) is 17.9 Å². The summed E-state index contributed by atoms with van der Waals surface area (Å²) in [4.78, 5) is 5.46. The Hall–Kier alpha value is -1.31. The van der Waals surface area contributed by atoms with Gasteiger partial charge in [0.2, 0.25) is 0 Å². The van der Waals surface area contributed by atoms with Crippen molar-refractivity contribution >= 4 is 41.3 Å². The number of halogens is 2. The molecule has 1 aliphatic rings. The molecule has 1 aliphatic heterocycles. The van der Waals surface area contributed by atoms with E-state index in [-0.39, 0.29) is 31.4 Å². The van der Waals surface area contributed by atoms with E-state index in [2.05, 4.69) is 34.1 Å². The quantitative estimate of drug-likeness (QED) is 0.655. The molecule has 8 heteroatoms. The Morgan fingerprint density at radius 1 is 1.00 bits per heavy atom. The highest BCUT2D eigenvalue weighted by molar-refractivity contribution is 7.85. The topological polar surface area (TPSA) is 53.0 Å². The van der Waals surface area contributed by atoms with E-state index in [1.807, 2.05) is 37.3 Å². The lowest BCUT2D eigenvalue weighted by Crippen LogP contribution is -2.49. The lowest BCUT2D eigenvalue weighted by atomic mass is 10.2. The summed E-state index contributed by atoms with van der Waals surface area (Å²) >= 11 is 0. The zero-order valence-electron chi connectivity index (χ0n) is 16.6. The highest BCUT2D eigenvalue weighted by Gasteiger charge is 2.19. The van der Waals surface area contributed by atoms with Crippen LogP contribution in [0, 0.1) is 0 Å². The zero-order chi connectivity index (χ0) is 19.1. The molecular formula is C21H30Cl2N2O3S. The number of hydrogen-bond donors (Lipinski definition) is 1. The van der Waals surface area contributed by atoms with E-state index in [1.54, 1.807) is 0 Å². The van der Waals surface area contributed by atoms with Crippen LogP contribution in [0.4, 0.5) is 5.69 Å². The summed E-state index contributed by atoms with van der Waals surface area (Å²) < 4.78 is 17.4. The summed E-state index contributed by atoms with van der Waals surface area (Å²) in [5, 5.41) is 10.3. The van der Waals surface area contributed by atoms with Crippen LogP contribution in [0.3, 0.4) is 0 Å². The van der Waals surface area contributed by atoms with Crippen LogP contribution in [-0.4, -0.2) is 65.4 Å². The van der Waals surface area contributed by atoms with Crippen LogP contribution < -0.4 is 9.64 Å². The molecule has 2 aromatic carbocycles. The highest BCUT2D eigenvalue weighted by Crippen LogP contribution is 2.17. The zero-order valence-corrected chi connectivity index (χ0v) is 19.1. The molecule has 0 aliphatic carbocycles. The smallest absolute Gasteiger partial charge is 0.119 e. The predicted octanol–water partition coefficient (Wildman–Crippen LogP) is 3.22. The number of β-amino-alcohol motifs (C(OH)–C–C–N with tert-alkyl or cyclic N) is 1. The van der Waals surface area contributed by atoms with Crippen LogP contribution in [0.15, 0.2) is 59.5 Å². The lowest BCUT2D eigenvalue weighted by Gasteiger charge is -2.36. The van der Waals surface area contributed by atoms with E-state index in [0.717, 1.165) is 31.1 Å². The van der Waals surface area contributed by atoms with Crippen LogP contribution >= 0.6 is 24.8 Å². The van der Waals surface area contributed by atoms with Gasteiger partial charge in [-0.25, -0.2) is 0 Å². The van der Waals surface area contributed by atoms with Crippen LogP contribution in [-0.2, 0) is 10.8 Å². The number of anilines is 1. The van der Waals surface area contributed by atoms with Crippen molar-refractivity contribution in [2.75, 3.05) is 50.0 Å². The van der Waals surface area contributed by atoms with Crippen molar-refractivity contribution < 1.29 is 14.1 Å². The van der Waals surface area contributed by atoms with Crippen molar-refractivity contribution in [1.29, 1.82) is 0 Å². The van der Waals surface area contributed by atoms with Crippen molar-refractivity contribution in [3.05, 3.63) is 54.6 Å². The van der Waals surface area contributed by atoms with E-state index in [9.17, 15) is 9.32 Å². The minimum atomic E-state index is -0.949. The number of aliphatic hydroxyl groups excluding tert-OH is 1. The fourth-order valence-corrected chi connectivity index (χ4v) is 4.00. The monoisotopic (exact) mass is 460 g/mol. The van der Waals surface area contributed by atoms with Gasteiger partial charge in [0.15, 0.2) is 0 Å². The first-order chi connectivity index (χ1) is 13.2. The third-order valence-electron chi connectivity index (χ3n) is 4.75. The van der Waals surface area contributed by atoms with Gasteiger partial charge in [-0.1, -0.05) is 25.1 Å². The summed E-state index contributed by atoms with van der Waals surface area (Å²) in [6.07, 6.45) is -0.530. The fraction of sp³-hybridized carbons (Fsp3) is 0.429. The summed E-state index contributed by atoms with van der Waals surface area (Å²) in [6.45, 7) is 6.57. The summed E-state index contributed by atoms with van der Waals surface area (Å²) in [7, 11) is -0.949. The molecule has 0 radical (unpaired) electrons. The van der Waals surface area contributed by atoms with Crippen LogP contribution in [0.1, 0.15) is 6.92 Å². The number of aliphatic hydroxyl groups is 1.